The van der Waals surface area contributed by atoms with Crippen LogP contribution in [0.4, 0.5) is 0 Å². The van der Waals surface area contributed by atoms with Gasteiger partial charge in [0.1, 0.15) is 0 Å². The van der Waals surface area contributed by atoms with Crippen molar-refractivity contribution >= 4 is 5.91 Å². The Kier molecular flexibility index (Phi) is 4.28. The van der Waals surface area contributed by atoms with Crippen molar-refractivity contribution < 1.29 is 13.9 Å². The summed E-state index contributed by atoms with van der Waals surface area (Å²) in [6, 6.07) is 7.11. The van der Waals surface area contributed by atoms with E-state index in [4.69, 9.17) is 9.15 Å². The number of hydrogen-bond acceptors (Lipinski definition) is 6. The highest BCUT2D eigenvalue weighted by Crippen LogP contribution is 2.23. The SMILES string of the molecule is COc1ccc(-c2ocnc2C(=O)NCc2ccncc2)cn1. The zero-order valence-corrected chi connectivity index (χ0v) is 12.4. The van der Waals surface area contributed by atoms with Crippen LogP contribution in [0.3, 0.4) is 0 Å². The predicted molar refractivity (Wildman–Crippen MR) is 81.7 cm³/mol. The van der Waals surface area contributed by atoms with Gasteiger partial charge < -0.3 is 14.5 Å². The van der Waals surface area contributed by atoms with E-state index in [1.54, 1.807) is 30.7 Å². The zero-order chi connectivity index (χ0) is 16.1. The standard InChI is InChI=1S/C16H14N4O3/c1-22-13-3-2-12(9-18-13)15-14(20-10-23-15)16(21)19-8-11-4-6-17-7-5-11/h2-7,9-10H,8H2,1H3,(H,19,21). The largest absolute Gasteiger partial charge is 0.481 e. The third kappa shape index (κ3) is 3.34. The third-order valence-electron chi connectivity index (χ3n) is 3.19. The van der Waals surface area contributed by atoms with Gasteiger partial charge >= 0.3 is 0 Å². The van der Waals surface area contributed by atoms with Crippen molar-refractivity contribution in [1.82, 2.24) is 20.3 Å². The molecule has 7 heteroatoms. The Morgan fingerprint density at radius 2 is 2.04 bits per heavy atom. The van der Waals surface area contributed by atoms with Crippen LogP contribution in [-0.2, 0) is 6.54 Å². The second-order valence-electron chi connectivity index (χ2n) is 4.66. The first-order valence-electron chi connectivity index (χ1n) is 6.89. The highest BCUT2D eigenvalue weighted by molar-refractivity contribution is 5.97. The number of rotatable bonds is 5. The number of aromatic nitrogens is 3. The smallest absolute Gasteiger partial charge is 0.274 e. The lowest BCUT2D eigenvalue weighted by molar-refractivity contribution is 0.0946. The average Bonchev–Trinajstić information content (AvgIpc) is 3.10. The molecule has 0 aromatic carbocycles. The van der Waals surface area contributed by atoms with E-state index >= 15 is 0 Å². The maximum Gasteiger partial charge on any atom is 0.274 e. The molecular formula is C16H14N4O3. The van der Waals surface area contributed by atoms with E-state index in [-0.39, 0.29) is 11.6 Å². The molecule has 0 radical (unpaired) electrons. The normalized spacial score (nSPS) is 10.3. The summed E-state index contributed by atoms with van der Waals surface area (Å²) in [4.78, 5) is 24.3. The van der Waals surface area contributed by atoms with Gasteiger partial charge in [0.2, 0.25) is 5.88 Å². The molecule has 23 heavy (non-hydrogen) atoms. The number of nitrogens with zero attached hydrogens (tertiary/aromatic N) is 3. The molecular weight excluding hydrogens is 296 g/mol. The van der Waals surface area contributed by atoms with Crippen molar-refractivity contribution in [2.24, 2.45) is 0 Å². The summed E-state index contributed by atoms with van der Waals surface area (Å²) in [6.07, 6.45) is 6.15. The first-order chi connectivity index (χ1) is 11.3. The van der Waals surface area contributed by atoms with E-state index in [1.807, 2.05) is 12.1 Å². The Labute approximate surface area is 132 Å². The van der Waals surface area contributed by atoms with Crippen molar-refractivity contribution in [2.75, 3.05) is 7.11 Å². The van der Waals surface area contributed by atoms with E-state index in [2.05, 4.69) is 20.3 Å². The van der Waals surface area contributed by atoms with Gasteiger partial charge in [-0.25, -0.2) is 9.97 Å². The summed E-state index contributed by atoms with van der Waals surface area (Å²) in [5, 5.41) is 2.80. The maximum absolute atomic E-state index is 12.3. The minimum absolute atomic E-state index is 0.214. The summed E-state index contributed by atoms with van der Waals surface area (Å²) < 4.78 is 10.3. The summed E-state index contributed by atoms with van der Waals surface area (Å²) in [5.74, 6) is 0.533. The molecule has 1 N–H and O–H groups in total. The molecule has 0 aliphatic rings. The number of amides is 1. The Balaban J connectivity index is 1.75. The first-order valence-corrected chi connectivity index (χ1v) is 6.89. The fourth-order valence-corrected chi connectivity index (χ4v) is 2.01. The van der Waals surface area contributed by atoms with E-state index in [1.165, 1.54) is 13.5 Å². The highest BCUT2D eigenvalue weighted by atomic mass is 16.5. The Morgan fingerprint density at radius 3 is 2.74 bits per heavy atom. The van der Waals surface area contributed by atoms with Crippen molar-refractivity contribution in [3.05, 3.63) is 60.5 Å². The fraction of sp³-hybridized carbons (Fsp3) is 0.125. The minimum atomic E-state index is -0.318. The molecule has 3 rings (SSSR count). The van der Waals surface area contributed by atoms with Gasteiger partial charge in [0, 0.05) is 36.8 Å². The Bertz CT molecular complexity index is 785. The highest BCUT2D eigenvalue weighted by Gasteiger charge is 2.18. The first kappa shape index (κ1) is 14.7. The van der Waals surface area contributed by atoms with Crippen molar-refractivity contribution in [2.45, 2.75) is 6.54 Å². The van der Waals surface area contributed by atoms with E-state index in [0.29, 0.717) is 23.7 Å². The summed E-state index contributed by atoms with van der Waals surface area (Å²) in [5.41, 5.74) is 1.81. The lowest BCUT2D eigenvalue weighted by atomic mass is 10.2. The quantitative estimate of drug-likeness (QED) is 0.776. The molecule has 0 fully saturated rings. The third-order valence-corrected chi connectivity index (χ3v) is 3.19. The molecule has 0 unspecified atom stereocenters. The van der Waals surface area contributed by atoms with Crippen LogP contribution in [0.15, 0.2) is 53.7 Å². The number of carbonyl (C=O) groups excluding carboxylic acids is 1. The number of carbonyl (C=O) groups is 1. The number of pyridine rings is 2. The molecule has 7 nitrogen and oxygen atoms in total. The second-order valence-corrected chi connectivity index (χ2v) is 4.66. The Hall–Kier alpha value is -3.22. The number of methoxy groups -OCH3 is 1. The van der Waals surface area contributed by atoms with E-state index in [0.717, 1.165) is 5.56 Å². The van der Waals surface area contributed by atoms with Gasteiger partial charge in [-0.05, 0) is 23.8 Å². The average molecular weight is 310 g/mol. The van der Waals surface area contributed by atoms with Crippen LogP contribution in [0.25, 0.3) is 11.3 Å². The monoisotopic (exact) mass is 310 g/mol. The topological polar surface area (TPSA) is 90.1 Å². The lowest BCUT2D eigenvalue weighted by Gasteiger charge is -2.05. The van der Waals surface area contributed by atoms with Crippen LogP contribution in [0.1, 0.15) is 16.1 Å². The Morgan fingerprint density at radius 1 is 1.22 bits per heavy atom. The van der Waals surface area contributed by atoms with Gasteiger partial charge in [0.25, 0.3) is 5.91 Å². The molecule has 0 saturated heterocycles. The van der Waals surface area contributed by atoms with Gasteiger partial charge in [-0.3, -0.25) is 9.78 Å². The van der Waals surface area contributed by atoms with Gasteiger partial charge in [-0.15, -0.1) is 0 Å². The predicted octanol–water partition coefficient (Wildman–Crippen LogP) is 2.07. The van der Waals surface area contributed by atoms with E-state index < -0.39 is 0 Å². The van der Waals surface area contributed by atoms with Crippen LogP contribution in [0.2, 0.25) is 0 Å². The molecule has 3 aromatic rings. The van der Waals surface area contributed by atoms with Crippen LogP contribution in [0, 0.1) is 0 Å². The molecule has 0 bridgehead atoms. The number of nitrogens with one attached hydrogen (secondary N) is 1. The van der Waals surface area contributed by atoms with Gasteiger partial charge in [-0.2, -0.15) is 0 Å². The molecule has 0 aliphatic heterocycles. The van der Waals surface area contributed by atoms with E-state index in [9.17, 15) is 4.79 Å². The van der Waals surface area contributed by atoms with Crippen LogP contribution < -0.4 is 10.1 Å². The summed E-state index contributed by atoms with van der Waals surface area (Å²) in [6.45, 7) is 0.383. The number of oxazole rings is 1. The van der Waals surface area contributed by atoms with Gasteiger partial charge in [0.15, 0.2) is 17.8 Å². The lowest BCUT2D eigenvalue weighted by Crippen LogP contribution is -2.23. The second kappa shape index (κ2) is 6.69. The molecule has 0 saturated carbocycles. The molecule has 3 heterocycles. The number of hydrogen-bond donors (Lipinski definition) is 1. The van der Waals surface area contributed by atoms with Crippen LogP contribution in [0.5, 0.6) is 5.88 Å². The fourth-order valence-electron chi connectivity index (χ4n) is 2.01. The zero-order valence-electron chi connectivity index (χ0n) is 12.4. The maximum atomic E-state index is 12.3. The van der Waals surface area contributed by atoms with Crippen molar-refractivity contribution in [3.63, 3.8) is 0 Å². The van der Waals surface area contributed by atoms with Gasteiger partial charge in [0.05, 0.1) is 7.11 Å². The molecule has 0 aliphatic carbocycles. The van der Waals surface area contributed by atoms with Gasteiger partial charge in [-0.1, -0.05) is 0 Å². The van der Waals surface area contributed by atoms with Crippen molar-refractivity contribution in [1.29, 1.82) is 0 Å². The molecule has 116 valence electrons. The van der Waals surface area contributed by atoms with Crippen LogP contribution >= 0.6 is 0 Å². The van der Waals surface area contributed by atoms with Crippen molar-refractivity contribution in [3.8, 4) is 17.2 Å². The molecule has 3 aromatic heterocycles. The number of ether oxygens (including phenoxy) is 1. The molecule has 1 amide bonds. The summed E-state index contributed by atoms with van der Waals surface area (Å²) in [7, 11) is 1.54. The molecule has 0 spiro atoms. The van der Waals surface area contributed by atoms with Crippen LogP contribution in [-0.4, -0.2) is 28.0 Å². The minimum Gasteiger partial charge on any atom is -0.481 e. The molecule has 0 atom stereocenters. The summed E-state index contributed by atoms with van der Waals surface area (Å²) >= 11 is 0.